The second-order valence-electron chi connectivity index (χ2n) is 6.91. The molecule has 24 heavy (non-hydrogen) atoms. The summed E-state index contributed by atoms with van der Waals surface area (Å²) in [7, 11) is 0. The van der Waals surface area contributed by atoms with Crippen molar-refractivity contribution in [1.29, 1.82) is 0 Å². The molecule has 0 unspecified atom stereocenters. The third-order valence-corrected chi connectivity index (χ3v) is 5.41. The van der Waals surface area contributed by atoms with Crippen LogP contribution in [0.2, 0.25) is 0 Å². The fourth-order valence-corrected chi connectivity index (χ4v) is 3.79. The lowest BCUT2D eigenvalue weighted by Gasteiger charge is -2.39. The first kappa shape index (κ1) is 15.3. The zero-order valence-electron chi connectivity index (χ0n) is 13.7. The Bertz CT molecular complexity index is 680. The Kier molecular flexibility index (Phi) is 4.02. The van der Waals surface area contributed by atoms with Crippen LogP contribution in [0.15, 0.2) is 30.6 Å². The number of nitrogens with zero attached hydrogens (tertiary/aromatic N) is 5. The van der Waals surface area contributed by atoms with E-state index in [9.17, 15) is 4.79 Å². The molecule has 1 aromatic heterocycles. The van der Waals surface area contributed by atoms with E-state index in [4.69, 9.17) is 0 Å². The highest BCUT2D eigenvalue weighted by Gasteiger charge is 2.37. The Morgan fingerprint density at radius 2 is 1.96 bits per heavy atom. The van der Waals surface area contributed by atoms with E-state index < -0.39 is 0 Å². The largest absolute Gasteiger partial charge is 0.342 e. The number of carbonyl (C=O) groups excluding carboxylic acids is 1. The van der Waals surface area contributed by atoms with Gasteiger partial charge in [-0.05, 0) is 59.3 Å². The van der Waals surface area contributed by atoms with E-state index in [-0.39, 0.29) is 5.91 Å². The van der Waals surface area contributed by atoms with Crippen molar-refractivity contribution >= 4 is 5.91 Å². The zero-order chi connectivity index (χ0) is 16.4. The van der Waals surface area contributed by atoms with Crippen molar-refractivity contribution in [2.75, 3.05) is 26.2 Å². The van der Waals surface area contributed by atoms with Crippen molar-refractivity contribution < 1.29 is 4.79 Å². The van der Waals surface area contributed by atoms with Gasteiger partial charge in [-0.3, -0.25) is 4.79 Å². The summed E-state index contributed by atoms with van der Waals surface area (Å²) in [6, 6.07) is 7.82. The minimum atomic E-state index is 0.228. The SMILES string of the molecule is O=C(Cc1ccc(-n2cnnn2)cc1)N1CCC2(CCNC2)CC1. The van der Waals surface area contributed by atoms with E-state index in [2.05, 4.69) is 20.8 Å². The minimum Gasteiger partial charge on any atom is -0.342 e. The molecule has 2 aliphatic rings. The molecule has 1 amide bonds. The van der Waals surface area contributed by atoms with Crippen LogP contribution in [0.5, 0.6) is 0 Å². The number of hydrogen-bond donors (Lipinski definition) is 1. The number of rotatable bonds is 3. The van der Waals surface area contributed by atoms with Gasteiger partial charge < -0.3 is 10.2 Å². The van der Waals surface area contributed by atoms with E-state index in [1.54, 1.807) is 11.0 Å². The van der Waals surface area contributed by atoms with Crippen LogP contribution in [0, 0.1) is 5.41 Å². The number of piperidine rings is 1. The van der Waals surface area contributed by atoms with Crippen molar-refractivity contribution in [1.82, 2.24) is 30.4 Å². The highest BCUT2D eigenvalue weighted by Crippen LogP contribution is 2.36. The molecule has 7 nitrogen and oxygen atoms in total. The van der Waals surface area contributed by atoms with E-state index in [1.807, 2.05) is 29.2 Å². The van der Waals surface area contributed by atoms with Gasteiger partial charge in [0.1, 0.15) is 6.33 Å². The second-order valence-corrected chi connectivity index (χ2v) is 6.91. The van der Waals surface area contributed by atoms with Crippen LogP contribution in [0.1, 0.15) is 24.8 Å². The number of aromatic nitrogens is 4. The average molecular weight is 326 g/mol. The summed E-state index contributed by atoms with van der Waals surface area (Å²) in [5, 5.41) is 14.6. The molecule has 0 saturated carbocycles. The summed E-state index contributed by atoms with van der Waals surface area (Å²) < 4.78 is 1.60. The molecule has 126 valence electrons. The maximum atomic E-state index is 12.6. The molecule has 4 rings (SSSR count). The fourth-order valence-electron chi connectivity index (χ4n) is 3.79. The summed E-state index contributed by atoms with van der Waals surface area (Å²) in [4.78, 5) is 14.6. The van der Waals surface area contributed by atoms with E-state index in [0.29, 0.717) is 11.8 Å². The Balaban J connectivity index is 1.34. The molecule has 2 aliphatic heterocycles. The summed E-state index contributed by atoms with van der Waals surface area (Å²) in [6.45, 7) is 4.03. The van der Waals surface area contributed by atoms with Gasteiger partial charge in [-0.25, -0.2) is 4.68 Å². The molecule has 2 saturated heterocycles. The quantitative estimate of drug-likeness (QED) is 0.903. The van der Waals surface area contributed by atoms with Crippen molar-refractivity contribution in [2.45, 2.75) is 25.7 Å². The van der Waals surface area contributed by atoms with Gasteiger partial charge in [-0.1, -0.05) is 12.1 Å². The standard InChI is InChI=1S/C17H22N6O/c24-16(22-9-6-17(7-10-22)5-8-18-12-17)11-14-1-3-15(4-2-14)23-13-19-20-21-23/h1-4,13,18H,5-12H2. The first-order chi connectivity index (χ1) is 11.7. The molecule has 7 heteroatoms. The van der Waals surface area contributed by atoms with Crippen LogP contribution < -0.4 is 5.32 Å². The van der Waals surface area contributed by atoms with Gasteiger partial charge in [0.15, 0.2) is 0 Å². The van der Waals surface area contributed by atoms with Gasteiger partial charge in [0.05, 0.1) is 12.1 Å². The molecule has 2 fully saturated rings. The summed E-state index contributed by atoms with van der Waals surface area (Å²) in [6.07, 6.45) is 5.53. The van der Waals surface area contributed by atoms with Crippen LogP contribution in [0.25, 0.3) is 5.69 Å². The third kappa shape index (κ3) is 3.03. The Morgan fingerprint density at radius 3 is 2.58 bits per heavy atom. The van der Waals surface area contributed by atoms with E-state index in [0.717, 1.165) is 50.3 Å². The molecular weight excluding hydrogens is 304 g/mol. The van der Waals surface area contributed by atoms with Crippen molar-refractivity contribution in [3.8, 4) is 5.69 Å². The molecule has 1 spiro atoms. The van der Waals surface area contributed by atoms with Crippen LogP contribution in [-0.2, 0) is 11.2 Å². The van der Waals surface area contributed by atoms with E-state index in [1.165, 1.54) is 6.42 Å². The molecule has 0 bridgehead atoms. The lowest BCUT2D eigenvalue weighted by molar-refractivity contribution is -0.132. The summed E-state index contributed by atoms with van der Waals surface area (Å²) in [5.41, 5.74) is 2.37. The fraction of sp³-hybridized carbons (Fsp3) is 0.529. The first-order valence-corrected chi connectivity index (χ1v) is 8.55. The highest BCUT2D eigenvalue weighted by molar-refractivity contribution is 5.79. The molecule has 1 N–H and O–H groups in total. The maximum Gasteiger partial charge on any atom is 0.226 e. The number of carbonyl (C=O) groups is 1. The molecule has 2 aromatic rings. The van der Waals surface area contributed by atoms with Gasteiger partial charge in [-0.15, -0.1) is 5.10 Å². The average Bonchev–Trinajstić information content (AvgIpc) is 3.29. The van der Waals surface area contributed by atoms with Gasteiger partial charge in [0.2, 0.25) is 5.91 Å². The van der Waals surface area contributed by atoms with Crippen molar-refractivity contribution in [3.05, 3.63) is 36.2 Å². The van der Waals surface area contributed by atoms with Gasteiger partial charge >= 0.3 is 0 Å². The Hall–Kier alpha value is -2.28. The molecule has 1 aromatic carbocycles. The Labute approximate surface area is 141 Å². The number of hydrogen-bond acceptors (Lipinski definition) is 5. The predicted molar refractivity (Wildman–Crippen MR) is 88.6 cm³/mol. The van der Waals surface area contributed by atoms with Crippen LogP contribution in [0.3, 0.4) is 0 Å². The monoisotopic (exact) mass is 326 g/mol. The van der Waals surface area contributed by atoms with Gasteiger partial charge in [0.25, 0.3) is 0 Å². The highest BCUT2D eigenvalue weighted by atomic mass is 16.2. The number of nitrogens with one attached hydrogen (secondary N) is 1. The number of tetrazole rings is 1. The predicted octanol–water partition coefficient (Wildman–Crippen LogP) is 0.807. The van der Waals surface area contributed by atoms with Crippen molar-refractivity contribution in [3.63, 3.8) is 0 Å². The number of amides is 1. The van der Waals surface area contributed by atoms with Crippen molar-refractivity contribution in [2.24, 2.45) is 5.41 Å². The molecule has 0 atom stereocenters. The first-order valence-electron chi connectivity index (χ1n) is 8.55. The van der Waals surface area contributed by atoms with E-state index >= 15 is 0 Å². The molecule has 0 radical (unpaired) electrons. The second kappa shape index (κ2) is 6.32. The van der Waals surface area contributed by atoms with Crippen LogP contribution in [-0.4, -0.2) is 57.2 Å². The maximum absolute atomic E-state index is 12.6. The molecular formula is C17H22N6O. The Morgan fingerprint density at radius 1 is 1.17 bits per heavy atom. The van der Waals surface area contributed by atoms with Gasteiger partial charge in [0, 0.05) is 19.6 Å². The summed E-state index contributed by atoms with van der Waals surface area (Å²) >= 11 is 0. The lowest BCUT2D eigenvalue weighted by Crippen LogP contribution is -2.44. The van der Waals surface area contributed by atoms with Crippen LogP contribution >= 0.6 is 0 Å². The van der Waals surface area contributed by atoms with Crippen LogP contribution in [0.4, 0.5) is 0 Å². The molecule has 3 heterocycles. The number of likely N-dealkylation sites (tertiary alicyclic amines) is 1. The zero-order valence-corrected chi connectivity index (χ0v) is 13.7. The minimum absolute atomic E-state index is 0.228. The van der Waals surface area contributed by atoms with Gasteiger partial charge in [-0.2, -0.15) is 0 Å². The lowest BCUT2D eigenvalue weighted by atomic mass is 9.78. The number of benzene rings is 1. The normalized spacial score (nSPS) is 19.8. The topological polar surface area (TPSA) is 75.9 Å². The smallest absolute Gasteiger partial charge is 0.226 e. The summed E-state index contributed by atoms with van der Waals surface area (Å²) in [5.74, 6) is 0.228. The molecule has 0 aliphatic carbocycles. The third-order valence-electron chi connectivity index (χ3n) is 5.41.